The van der Waals surface area contributed by atoms with Crippen LogP contribution in [0, 0.1) is 0 Å². The number of ether oxygens (including phenoxy) is 2. The van der Waals surface area contributed by atoms with E-state index in [-0.39, 0.29) is 6.10 Å². The van der Waals surface area contributed by atoms with Gasteiger partial charge in [0.15, 0.2) is 0 Å². The Morgan fingerprint density at radius 3 is 2.46 bits per heavy atom. The SMILES string of the molecule is COc1ccc(OC2CNC2)nn1. The molecule has 2 heterocycles. The third-order valence-electron chi connectivity index (χ3n) is 1.86. The summed E-state index contributed by atoms with van der Waals surface area (Å²) in [6.45, 7) is 1.77. The zero-order valence-electron chi connectivity index (χ0n) is 7.36. The van der Waals surface area contributed by atoms with Crippen molar-refractivity contribution in [3.8, 4) is 11.8 Å². The zero-order chi connectivity index (χ0) is 9.10. The third kappa shape index (κ3) is 1.86. The maximum atomic E-state index is 5.46. The van der Waals surface area contributed by atoms with Crippen LogP contribution in [0.3, 0.4) is 0 Å². The number of aromatic nitrogens is 2. The monoisotopic (exact) mass is 181 g/mol. The Morgan fingerprint density at radius 2 is 2.00 bits per heavy atom. The van der Waals surface area contributed by atoms with Crippen LogP contribution in [-0.4, -0.2) is 36.5 Å². The lowest BCUT2D eigenvalue weighted by molar-refractivity contribution is 0.134. The summed E-state index contributed by atoms with van der Waals surface area (Å²) in [5.41, 5.74) is 0. The van der Waals surface area contributed by atoms with E-state index in [4.69, 9.17) is 9.47 Å². The van der Waals surface area contributed by atoms with Crippen molar-refractivity contribution in [1.29, 1.82) is 0 Å². The maximum absolute atomic E-state index is 5.46. The second kappa shape index (κ2) is 3.57. The van der Waals surface area contributed by atoms with Crippen LogP contribution in [0.4, 0.5) is 0 Å². The lowest BCUT2D eigenvalue weighted by Crippen LogP contribution is -2.50. The van der Waals surface area contributed by atoms with Gasteiger partial charge in [0, 0.05) is 25.2 Å². The largest absolute Gasteiger partial charge is 0.480 e. The van der Waals surface area contributed by atoms with Gasteiger partial charge in [0.1, 0.15) is 6.10 Å². The van der Waals surface area contributed by atoms with Crippen LogP contribution in [0.1, 0.15) is 0 Å². The molecule has 1 aromatic heterocycles. The van der Waals surface area contributed by atoms with Gasteiger partial charge in [-0.2, -0.15) is 0 Å². The summed E-state index contributed by atoms with van der Waals surface area (Å²) in [6.07, 6.45) is 0.239. The normalized spacial score (nSPS) is 16.4. The van der Waals surface area contributed by atoms with Crippen LogP contribution in [-0.2, 0) is 0 Å². The smallest absolute Gasteiger partial charge is 0.234 e. The van der Waals surface area contributed by atoms with E-state index in [1.165, 1.54) is 0 Å². The minimum Gasteiger partial charge on any atom is -0.480 e. The quantitative estimate of drug-likeness (QED) is 0.702. The molecule has 0 saturated carbocycles. The summed E-state index contributed by atoms with van der Waals surface area (Å²) in [5.74, 6) is 1.05. The second-order valence-corrected chi connectivity index (χ2v) is 2.81. The Morgan fingerprint density at radius 1 is 1.31 bits per heavy atom. The molecule has 1 saturated heterocycles. The van der Waals surface area contributed by atoms with Crippen molar-refractivity contribution in [2.24, 2.45) is 0 Å². The van der Waals surface area contributed by atoms with Gasteiger partial charge in [-0.1, -0.05) is 0 Å². The van der Waals surface area contributed by atoms with Crippen molar-refractivity contribution >= 4 is 0 Å². The Labute approximate surface area is 76.1 Å². The molecule has 1 N–H and O–H groups in total. The first-order valence-electron chi connectivity index (χ1n) is 4.13. The van der Waals surface area contributed by atoms with Gasteiger partial charge in [-0.15, -0.1) is 10.2 Å². The van der Waals surface area contributed by atoms with Crippen LogP contribution < -0.4 is 14.8 Å². The fraction of sp³-hybridized carbons (Fsp3) is 0.500. The Kier molecular flexibility index (Phi) is 2.27. The molecule has 0 unspecified atom stereocenters. The van der Waals surface area contributed by atoms with Crippen LogP contribution in [0.25, 0.3) is 0 Å². The summed E-state index contributed by atoms with van der Waals surface area (Å²) in [4.78, 5) is 0. The summed E-state index contributed by atoms with van der Waals surface area (Å²) in [7, 11) is 1.56. The summed E-state index contributed by atoms with van der Waals surface area (Å²) in [6, 6.07) is 3.48. The minimum absolute atomic E-state index is 0.239. The number of rotatable bonds is 3. The Hall–Kier alpha value is -1.36. The van der Waals surface area contributed by atoms with E-state index in [2.05, 4.69) is 15.5 Å². The molecule has 0 atom stereocenters. The fourth-order valence-corrected chi connectivity index (χ4v) is 0.996. The van der Waals surface area contributed by atoms with Gasteiger partial charge in [0.25, 0.3) is 0 Å². The molecule has 0 radical (unpaired) electrons. The topological polar surface area (TPSA) is 56.3 Å². The number of hydrogen-bond donors (Lipinski definition) is 1. The molecule has 70 valence electrons. The van der Waals surface area contributed by atoms with Gasteiger partial charge >= 0.3 is 0 Å². The standard InChI is InChI=1S/C8H11N3O2/c1-12-7-2-3-8(11-10-7)13-6-4-9-5-6/h2-3,6,9H,4-5H2,1H3. The first kappa shape index (κ1) is 8.25. The van der Waals surface area contributed by atoms with Crippen molar-refractivity contribution in [2.45, 2.75) is 6.10 Å². The van der Waals surface area contributed by atoms with E-state index in [0.29, 0.717) is 11.8 Å². The molecule has 0 aliphatic carbocycles. The van der Waals surface area contributed by atoms with Crippen LogP contribution in [0.5, 0.6) is 11.8 Å². The number of methoxy groups -OCH3 is 1. The van der Waals surface area contributed by atoms with E-state index in [1.54, 1.807) is 19.2 Å². The van der Waals surface area contributed by atoms with E-state index < -0.39 is 0 Å². The molecular formula is C8H11N3O2. The van der Waals surface area contributed by atoms with Gasteiger partial charge in [0.2, 0.25) is 11.8 Å². The minimum atomic E-state index is 0.239. The molecule has 0 bridgehead atoms. The second-order valence-electron chi connectivity index (χ2n) is 2.81. The van der Waals surface area contributed by atoms with Gasteiger partial charge in [-0.25, -0.2) is 0 Å². The molecular weight excluding hydrogens is 170 g/mol. The van der Waals surface area contributed by atoms with Crippen molar-refractivity contribution in [3.05, 3.63) is 12.1 Å². The summed E-state index contributed by atoms with van der Waals surface area (Å²) in [5, 5.41) is 10.7. The first-order chi connectivity index (χ1) is 6.38. The number of hydrogen-bond acceptors (Lipinski definition) is 5. The maximum Gasteiger partial charge on any atom is 0.234 e. The van der Waals surface area contributed by atoms with Crippen molar-refractivity contribution in [1.82, 2.24) is 15.5 Å². The summed E-state index contributed by atoms with van der Waals surface area (Å²) < 4.78 is 10.3. The van der Waals surface area contributed by atoms with Crippen molar-refractivity contribution < 1.29 is 9.47 Å². The highest BCUT2D eigenvalue weighted by Crippen LogP contribution is 2.12. The number of nitrogens with one attached hydrogen (secondary N) is 1. The highest BCUT2D eigenvalue weighted by molar-refractivity contribution is 5.15. The van der Waals surface area contributed by atoms with Crippen LogP contribution >= 0.6 is 0 Å². The zero-order valence-corrected chi connectivity index (χ0v) is 7.36. The molecule has 1 aliphatic rings. The highest BCUT2D eigenvalue weighted by atomic mass is 16.5. The van der Waals surface area contributed by atoms with Gasteiger partial charge in [-0.3, -0.25) is 0 Å². The third-order valence-corrected chi connectivity index (χ3v) is 1.86. The number of nitrogens with zero attached hydrogens (tertiary/aromatic N) is 2. The highest BCUT2D eigenvalue weighted by Gasteiger charge is 2.18. The van der Waals surface area contributed by atoms with Crippen molar-refractivity contribution in [2.75, 3.05) is 20.2 Å². The molecule has 0 spiro atoms. The lowest BCUT2D eigenvalue weighted by atomic mass is 10.2. The van der Waals surface area contributed by atoms with E-state index in [0.717, 1.165) is 13.1 Å². The lowest BCUT2D eigenvalue weighted by Gasteiger charge is -2.26. The Balaban J connectivity index is 1.96. The van der Waals surface area contributed by atoms with Gasteiger partial charge in [-0.05, 0) is 0 Å². The van der Waals surface area contributed by atoms with Crippen LogP contribution in [0.2, 0.25) is 0 Å². The predicted molar refractivity (Wildman–Crippen MR) is 45.9 cm³/mol. The molecule has 0 aromatic carbocycles. The van der Waals surface area contributed by atoms with E-state index in [1.807, 2.05) is 0 Å². The molecule has 5 nitrogen and oxygen atoms in total. The fourth-order valence-electron chi connectivity index (χ4n) is 0.996. The molecule has 1 fully saturated rings. The van der Waals surface area contributed by atoms with E-state index in [9.17, 15) is 0 Å². The molecule has 1 aliphatic heterocycles. The molecule has 1 aromatic rings. The molecule has 2 rings (SSSR count). The predicted octanol–water partition coefficient (Wildman–Crippen LogP) is -0.164. The molecule has 13 heavy (non-hydrogen) atoms. The van der Waals surface area contributed by atoms with Gasteiger partial charge in [0.05, 0.1) is 7.11 Å². The van der Waals surface area contributed by atoms with Crippen LogP contribution in [0.15, 0.2) is 12.1 Å². The first-order valence-corrected chi connectivity index (χ1v) is 4.13. The van der Waals surface area contributed by atoms with E-state index >= 15 is 0 Å². The summed E-state index contributed by atoms with van der Waals surface area (Å²) >= 11 is 0. The average molecular weight is 181 g/mol. The molecule has 5 heteroatoms. The van der Waals surface area contributed by atoms with Gasteiger partial charge < -0.3 is 14.8 Å². The van der Waals surface area contributed by atoms with Crippen molar-refractivity contribution in [3.63, 3.8) is 0 Å². The average Bonchev–Trinajstić information content (AvgIpc) is 2.12. The molecule has 0 amide bonds. The Bertz CT molecular complexity index is 271.